The number of fused-ring (bicyclic) bond motifs is 5. The number of ether oxygens (including phenoxy) is 1. The Kier molecular flexibility index (Phi) is 3.75. The van der Waals surface area contributed by atoms with Gasteiger partial charge in [0.05, 0.1) is 12.8 Å². The summed E-state index contributed by atoms with van der Waals surface area (Å²) in [5, 5.41) is 1.07. The summed E-state index contributed by atoms with van der Waals surface area (Å²) in [7, 11) is 1.65. The van der Waals surface area contributed by atoms with Gasteiger partial charge in [0.1, 0.15) is 12.3 Å². The third-order valence-corrected chi connectivity index (χ3v) is 6.13. The van der Waals surface area contributed by atoms with E-state index in [-0.39, 0.29) is 24.4 Å². The Morgan fingerprint density at radius 3 is 2.81 bits per heavy atom. The van der Waals surface area contributed by atoms with Crippen LogP contribution in [-0.2, 0) is 21.5 Å². The third-order valence-electron chi connectivity index (χ3n) is 6.13. The van der Waals surface area contributed by atoms with E-state index in [1.54, 1.807) is 16.9 Å². The lowest BCUT2D eigenvalue weighted by atomic mass is 9.82. The second-order valence-electron chi connectivity index (χ2n) is 7.45. The van der Waals surface area contributed by atoms with Crippen LogP contribution in [0.3, 0.4) is 0 Å². The number of rotatable bonds is 3. The standard InChI is InChI=1S/C20H25N3O3/c1-5-12(2)22-11-17(24)23-9-8-14-15-10-13(26-4)6-7-16(15)21-18(14)20(23,3)19(22)25/h6-7,10,12,21H,5,8-9,11H2,1-4H3/t12-,20-/m1/s1. The summed E-state index contributed by atoms with van der Waals surface area (Å²) in [6.07, 6.45) is 1.56. The van der Waals surface area contributed by atoms with Crippen molar-refractivity contribution in [1.29, 1.82) is 0 Å². The zero-order chi connectivity index (χ0) is 18.6. The van der Waals surface area contributed by atoms with E-state index in [1.165, 1.54) is 0 Å². The molecule has 0 aliphatic carbocycles. The van der Waals surface area contributed by atoms with Gasteiger partial charge in [-0.1, -0.05) is 6.92 Å². The number of nitrogens with zero attached hydrogens (tertiary/aromatic N) is 2. The van der Waals surface area contributed by atoms with Gasteiger partial charge < -0.3 is 19.5 Å². The van der Waals surface area contributed by atoms with Crippen LogP contribution in [0.5, 0.6) is 5.75 Å². The van der Waals surface area contributed by atoms with Crippen molar-refractivity contribution < 1.29 is 14.3 Å². The molecule has 3 heterocycles. The molecule has 1 aromatic carbocycles. The van der Waals surface area contributed by atoms with Crippen LogP contribution in [-0.4, -0.2) is 52.8 Å². The quantitative estimate of drug-likeness (QED) is 0.920. The number of aromatic amines is 1. The van der Waals surface area contributed by atoms with Gasteiger partial charge in [0.2, 0.25) is 5.91 Å². The number of hydrogen-bond donors (Lipinski definition) is 1. The molecule has 4 rings (SSSR count). The number of H-pyrrole nitrogens is 1. The highest BCUT2D eigenvalue weighted by molar-refractivity contribution is 6.01. The highest BCUT2D eigenvalue weighted by atomic mass is 16.5. The molecule has 2 amide bonds. The Bertz CT molecular complexity index is 903. The summed E-state index contributed by atoms with van der Waals surface area (Å²) < 4.78 is 5.36. The molecule has 1 N–H and O–H groups in total. The van der Waals surface area contributed by atoms with Crippen LogP contribution < -0.4 is 4.74 Å². The van der Waals surface area contributed by atoms with E-state index in [4.69, 9.17) is 4.74 Å². The van der Waals surface area contributed by atoms with E-state index in [1.807, 2.05) is 39.0 Å². The van der Waals surface area contributed by atoms with E-state index >= 15 is 0 Å². The zero-order valence-electron chi connectivity index (χ0n) is 15.8. The molecule has 1 saturated heterocycles. The van der Waals surface area contributed by atoms with E-state index in [2.05, 4.69) is 4.98 Å². The van der Waals surface area contributed by atoms with Crippen LogP contribution in [0.4, 0.5) is 0 Å². The van der Waals surface area contributed by atoms with Crippen molar-refractivity contribution in [3.8, 4) is 5.75 Å². The monoisotopic (exact) mass is 355 g/mol. The Morgan fingerprint density at radius 2 is 2.12 bits per heavy atom. The highest BCUT2D eigenvalue weighted by Gasteiger charge is 2.54. The number of amides is 2. The van der Waals surface area contributed by atoms with Crippen LogP contribution in [0.25, 0.3) is 10.9 Å². The normalized spacial score (nSPS) is 23.8. The predicted molar refractivity (Wildman–Crippen MR) is 99.1 cm³/mol. The summed E-state index contributed by atoms with van der Waals surface area (Å²) >= 11 is 0. The Balaban J connectivity index is 1.90. The fourth-order valence-electron chi connectivity index (χ4n) is 4.37. The van der Waals surface area contributed by atoms with Crippen LogP contribution in [0, 0.1) is 0 Å². The maximum atomic E-state index is 13.5. The molecule has 0 spiro atoms. The lowest BCUT2D eigenvalue weighted by molar-refractivity contribution is -0.168. The number of carbonyl (C=O) groups is 2. The van der Waals surface area contributed by atoms with E-state index in [0.717, 1.165) is 40.8 Å². The van der Waals surface area contributed by atoms with Gasteiger partial charge in [0.25, 0.3) is 5.91 Å². The summed E-state index contributed by atoms with van der Waals surface area (Å²) in [5.41, 5.74) is 1.96. The van der Waals surface area contributed by atoms with Gasteiger partial charge in [-0.15, -0.1) is 0 Å². The molecule has 0 saturated carbocycles. The number of benzene rings is 1. The van der Waals surface area contributed by atoms with E-state index in [9.17, 15) is 9.59 Å². The Morgan fingerprint density at radius 1 is 1.35 bits per heavy atom. The van der Waals surface area contributed by atoms with Crippen molar-refractivity contribution >= 4 is 22.7 Å². The summed E-state index contributed by atoms with van der Waals surface area (Å²) in [6.45, 7) is 6.66. The number of hydrogen-bond acceptors (Lipinski definition) is 3. The van der Waals surface area contributed by atoms with Gasteiger partial charge in [-0.05, 0) is 50.5 Å². The Labute approximate surface area is 153 Å². The van der Waals surface area contributed by atoms with Gasteiger partial charge in [0.15, 0.2) is 5.54 Å². The fourth-order valence-corrected chi connectivity index (χ4v) is 4.37. The van der Waals surface area contributed by atoms with Crippen LogP contribution in [0.15, 0.2) is 18.2 Å². The van der Waals surface area contributed by atoms with Crippen molar-refractivity contribution in [2.24, 2.45) is 0 Å². The first-order valence-electron chi connectivity index (χ1n) is 9.22. The molecule has 26 heavy (non-hydrogen) atoms. The SMILES string of the molecule is CC[C@@H](C)N1CC(=O)N2CCc3c([nH]c4ccc(OC)cc34)[C@]2(C)C1=O. The zero-order valence-corrected chi connectivity index (χ0v) is 15.8. The van der Waals surface area contributed by atoms with E-state index in [0.29, 0.717) is 6.54 Å². The third kappa shape index (κ3) is 2.11. The summed E-state index contributed by atoms with van der Waals surface area (Å²) in [6, 6.07) is 5.93. The second kappa shape index (κ2) is 5.76. The van der Waals surface area contributed by atoms with Gasteiger partial charge in [-0.25, -0.2) is 0 Å². The number of piperazine rings is 1. The molecule has 2 atom stereocenters. The van der Waals surface area contributed by atoms with Gasteiger partial charge in [-0.3, -0.25) is 9.59 Å². The molecule has 1 fully saturated rings. The Hall–Kier alpha value is -2.50. The van der Waals surface area contributed by atoms with Gasteiger partial charge in [-0.2, -0.15) is 0 Å². The van der Waals surface area contributed by atoms with Crippen LogP contribution >= 0.6 is 0 Å². The average Bonchev–Trinajstić information content (AvgIpc) is 3.03. The molecular weight excluding hydrogens is 330 g/mol. The summed E-state index contributed by atoms with van der Waals surface area (Å²) in [4.78, 5) is 33.2. The lowest BCUT2D eigenvalue weighted by Gasteiger charge is -2.50. The minimum Gasteiger partial charge on any atom is -0.497 e. The maximum absolute atomic E-state index is 13.5. The first-order valence-corrected chi connectivity index (χ1v) is 9.22. The number of carbonyl (C=O) groups excluding carboxylic acids is 2. The molecule has 6 nitrogen and oxygen atoms in total. The molecule has 0 radical (unpaired) electrons. The topological polar surface area (TPSA) is 65.6 Å². The molecule has 0 bridgehead atoms. The molecule has 2 aliphatic heterocycles. The lowest BCUT2D eigenvalue weighted by Crippen LogP contribution is -2.68. The van der Waals surface area contributed by atoms with Crippen molar-refractivity contribution in [2.75, 3.05) is 20.2 Å². The predicted octanol–water partition coefficient (Wildman–Crippen LogP) is 2.42. The molecule has 138 valence electrons. The molecule has 2 aliphatic rings. The number of aromatic nitrogens is 1. The minimum absolute atomic E-state index is 0.00548. The van der Waals surface area contributed by atoms with Crippen molar-refractivity contribution in [3.63, 3.8) is 0 Å². The number of nitrogens with one attached hydrogen (secondary N) is 1. The maximum Gasteiger partial charge on any atom is 0.255 e. The molecule has 1 aromatic heterocycles. The molecule has 2 aromatic rings. The first-order chi connectivity index (χ1) is 12.4. The molecule has 6 heteroatoms. The van der Waals surface area contributed by atoms with Crippen LogP contribution in [0.1, 0.15) is 38.4 Å². The van der Waals surface area contributed by atoms with Crippen molar-refractivity contribution in [2.45, 2.75) is 45.2 Å². The van der Waals surface area contributed by atoms with E-state index < -0.39 is 5.54 Å². The molecular formula is C20H25N3O3. The average molecular weight is 355 g/mol. The smallest absolute Gasteiger partial charge is 0.255 e. The van der Waals surface area contributed by atoms with Gasteiger partial charge in [0, 0.05) is 23.5 Å². The minimum atomic E-state index is -0.974. The molecule has 0 unspecified atom stereocenters. The number of methoxy groups -OCH3 is 1. The van der Waals surface area contributed by atoms with Crippen molar-refractivity contribution in [3.05, 3.63) is 29.5 Å². The van der Waals surface area contributed by atoms with Crippen molar-refractivity contribution in [1.82, 2.24) is 14.8 Å². The fraction of sp³-hybridized carbons (Fsp3) is 0.500. The van der Waals surface area contributed by atoms with Gasteiger partial charge >= 0.3 is 0 Å². The second-order valence-corrected chi connectivity index (χ2v) is 7.45. The first kappa shape index (κ1) is 16.9. The largest absolute Gasteiger partial charge is 0.497 e. The highest BCUT2D eigenvalue weighted by Crippen LogP contribution is 2.43. The summed E-state index contributed by atoms with van der Waals surface area (Å²) in [5.74, 6) is 0.819. The van der Waals surface area contributed by atoms with Crippen LogP contribution in [0.2, 0.25) is 0 Å².